The van der Waals surface area contributed by atoms with Crippen LogP contribution in [0, 0.1) is 0 Å². The van der Waals surface area contributed by atoms with Gasteiger partial charge in [0.2, 0.25) is 5.91 Å². The van der Waals surface area contributed by atoms with E-state index >= 15 is 0 Å². The number of urea groups is 1. The van der Waals surface area contributed by atoms with Crippen molar-refractivity contribution in [3.8, 4) is 5.75 Å². The van der Waals surface area contributed by atoms with Crippen molar-refractivity contribution in [1.82, 2.24) is 9.80 Å². The predicted molar refractivity (Wildman–Crippen MR) is 133 cm³/mol. The van der Waals surface area contributed by atoms with Crippen LogP contribution in [0.5, 0.6) is 5.75 Å². The van der Waals surface area contributed by atoms with Crippen LogP contribution < -0.4 is 10.1 Å². The van der Waals surface area contributed by atoms with Crippen molar-refractivity contribution in [3.05, 3.63) is 82.6 Å². The molecule has 0 spiro atoms. The molecule has 0 saturated carbocycles. The SMILES string of the molecule is CCOc1ccccc1NC(=O)N(CC(=O)N(Cc1ccccc1)Cc1cccs1)C(C)C. The van der Waals surface area contributed by atoms with Crippen LogP contribution >= 0.6 is 11.3 Å². The zero-order valence-electron chi connectivity index (χ0n) is 19.4. The molecule has 1 heterocycles. The fourth-order valence-electron chi connectivity index (χ4n) is 3.40. The Morgan fingerprint density at radius 1 is 0.970 bits per heavy atom. The van der Waals surface area contributed by atoms with E-state index in [0.717, 1.165) is 10.4 Å². The molecule has 0 radical (unpaired) electrons. The summed E-state index contributed by atoms with van der Waals surface area (Å²) in [4.78, 5) is 31.0. The van der Waals surface area contributed by atoms with Crippen molar-refractivity contribution >= 4 is 29.0 Å². The number of thiophene rings is 1. The summed E-state index contributed by atoms with van der Waals surface area (Å²) in [6.07, 6.45) is 0. The Hall–Kier alpha value is -3.32. The zero-order valence-corrected chi connectivity index (χ0v) is 20.2. The standard InChI is InChI=1S/C26H31N3O3S/c1-4-32-24-15-9-8-14-23(24)27-26(31)29(20(2)3)19-25(30)28(18-22-13-10-16-33-22)17-21-11-6-5-7-12-21/h5-16,20H,4,17-19H2,1-3H3,(H,27,31). The van der Waals surface area contributed by atoms with Gasteiger partial charge in [-0.25, -0.2) is 4.79 Å². The number of benzene rings is 2. The molecule has 174 valence electrons. The van der Waals surface area contributed by atoms with E-state index in [2.05, 4.69) is 5.32 Å². The number of nitrogens with zero attached hydrogens (tertiary/aromatic N) is 2. The molecule has 0 saturated heterocycles. The van der Waals surface area contributed by atoms with E-state index in [4.69, 9.17) is 4.74 Å². The van der Waals surface area contributed by atoms with Crippen LogP contribution in [0.2, 0.25) is 0 Å². The minimum Gasteiger partial charge on any atom is -0.492 e. The first-order valence-electron chi connectivity index (χ1n) is 11.1. The number of amides is 3. The summed E-state index contributed by atoms with van der Waals surface area (Å²) in [6, 6.07) is 20.7. The number of carbonyl (C=O) groups is 2. The minimum atomic E-state index is -0.332. The van der Waals surface area contributed by atoms with Crippen LogP contribution in [-0.2, 0) is 17.9 Å². The molecule has 33 heavy (non-hydrogen) atoms. The van der Waals surface area contributed by atoms with Crippen LogP contribution in [0.1, 0.15) is 31.2 Å². The maximum atomic E-state index is 13.4. The molecule has 0 unspecified atom stereocenters. The van der Waals surface area contributed by atoms with Gasteiger partial charge in [0.05, 0.1) is 18.8 Å². The third-order valence-corrected chi connectivity index (χ3v) is 5.98. The Morgan fingerprint density at radius 2 is 1.70 bits per heavy atom. The zero-order chi connectivity index (χ0) is 23.6. The van der Waals surface area contributed by atoms with Gasteiger partial charge < -0.3 is 19.9 Å². The van der Waals surface area contributed by atoms with E-state index in [1.54, 1.807) is 27.2 Å². The highest BCUT2D eigenvalue weighted by molar-refractivity contribution is 7.09. The average molecular weight is 466 g/mol. The summed E-state index contributed by atoms with van der Waals surface area (Å²) >= 11 is 1.62. The van der Waals surface area contributed by atoms with Gasteiger partial charge in [-0.05, 0) is 49.9 Å². The number of hydrogen-bond acceptors (Lipinski definition) is 4. The summed E-state index contributed by atoms with van der Waals surface area (Å²) < 4.78 is 5.62. The van der Waals surface area contributed by atoms with E-state index in [-0.39, 0.29) is 24.5 Å². The Labute approximate surface area is 199 Å². The van der Waals surface area contributed by atoms with Gasteiger partial charge in [-0.3, -0.25) is 4.79 Å². The molecule has 0 bridgehead atoms. The third kappa shape index (κ3) is 7.08. The molecule has 0 aliphatic carbocycles. The molecule has 6 nitrogen and oxygen atoms in total. The number of carbonyl (C=O) groups excluding carboxylic acids is 2. The Kier molecular flexibility index (Phi) is 8.89. The van der Waals surface area contributed by atoms with Crippen LogP contribution in [0.15, 0.2) is 72.1 Å². The molecular formula is C26H31N3O3S. The molecule has 3 rings (SSSR count). The third-order valence-electron chi connectivity index (χ3n) is 5.11. The maximum Gasteiger partial charge on any atom is 0.322 e. The lowest BCUT2D eigenvalue weighted by Gasteiger charge is -2.30. The van der Waals surface area contributed by atoms with Gasteiger partial charge in [0.15, 0.2) is 0 Å². The minimum absolute atomic E-state index is 0.0154. The second-order valence-electron chi connectivity index (χ2n) is 7.90. The quantitative estimate of drug-likeness (QED) is 0.423. The second-order valence-corrected chi connectivity index (χ2v) is 8.93. The molecule has 1 aromatic heterocycles. The van der Waals surface area contributed by atoms with Crippen molar-refractivity contribution in [2.45, 2.75) is 39.9 Å². The lowest BCUT2D eigenvalue weighted by molar-refractivity contribution is -0.133. The predicted octanol–water partition coefficient (Wildman–Crippen LogP) is 5.62. The first-order chi connectivity index (χ1) is 16.0. The number of ether oxygens (including phenoxy) is 1. The van der Waals surface area contributed by atoms with Crippen LogP contribution in [0.25, 0.3) is 0 Å². The summed E-state index contributed by atoms with van der Waals surface area (Å²) in [7, 11) is 0. The van der Waals surface area contributed by atoms with Gasteiger partial charge in [0, 0.05) is 17.5 Å². The Balaban J connectivity index is 1.75. The van der Waals surface area contributed by atoms with Crippen molar-refractivity contribution in [2.24, 2.45) is 0 Å². The van der Waals surface area contributed by atoms with Crippen LogP contribution in [-0.4, -0.2) is 40.9 Å². The van der Waals surface area contributed by atoms with E-state index < -0.39 is 0 Å². The topological polar surface area (TPSA) is 61.9 Å². The van der Waals surface area contributed by atoms with Gasteiger partial charge in [-0.2, -0.15) is 0 Å². The van der Waals surface area contributed by atoms with Crippen molar-refractivity contribution in [3.63, 3.8) is 0 Å². The smallest absolute Gasteiger partial charge is 0.322 e. The second kappa shape index (κ2) is 12.1. The van der Waals surface area contributed by atoms with E-state index in [0.29, 0.717) is 31.1 Å². The lowest BCUT2D eigenvalue weighted by atomic mass is 10.2. The average Bonchev–Trinajstić information content (AvgIpc) is 3.32. The number of nitrogens with one attached hydrogen (secondary N) is 1. The van der Waals surface area contributed by atoms with Gasteiger partial charge in [-0.15, -0.1) is 11.3 Å². The van der Waals surface area contributed by atoms with E-state index in [1.807, 2.05) is 86.8 Å². The van der Waals surface area contributed by atoms with Gasteiger partial charge in [0.1, 0.15) is 12.3 Å². The monoisotopic (exact) mass is 465 g/mol. The number of hydrogen-bond donors (Lipinski definition) is 1. The molecule has 1 N–H and O–H groups in total. The van der Waals surface area contributed by atoms with E-state index in [9.17, 15) is 9.59 Å². The summed E-state index contributed by atoms with van der Waals surface area (Å²) in [6.45, 7) is 7.18. The summed E-state index contributed by atoms with van der Waals surface area (Å²) in [5, 5.41) is 4.91. The number of anilines is 1. The van der Waals surface area contributed by atoms with Crippen LogP contribution in [0.4, 0.5) is 10.5 Å². The molecule has 0 atom stereocenters. The highest BCUT2D eigenvalue weighted by Gasteiger charge is 2.25. The van der Waals surface area contributed by atoms with Gasteiger partial charge in [-0.1, -0.05) is 48.5 Å². The van der Waals surface area contributed by atoms with Gasteiger partial charge in [0.25, 0.3) is 0 Å². The highest BCUT2D eigenvalue weighted by Crippen LogP contribution is 2.24. The summed E-state index contributed by atoms with van der Waals surface area (Å²) in [5.74, 6) is 0.501. The highest BCUT2D eigenvalue weighted by atomic mass is 32.1. The molecule has 3 aromatic rings. The molecule has 3 amide bonds. The first kappa shape index (κ1) is 24.3. The Morgan fingerprint density at radius 3 is 2.36 bits per heavy atom. The van der Waals surface area contributed by atoms with Crippen molar-refractivity contribution in [1.29, 1.82) is 0 Å². The molecule has 7 heteroatoms. The first-order valence-corrected chi connectivity index (χ1v) is 12.0. The maximum absolute atomic E-state index is 13.4. The molecule has 2 aromatic carbocycles. The Bertz CT molecular complexity index is 1020. The van der Waals surface area contributed by atoms with Gasteiger partial charge >= 0.3 is 6.03 Å². The molecule has 0 aliphatic rings. The van der Waals surface area contributed by atoms with Crippen molar-refractivity contribution < 1.29 is 14.3 Å². The van der Waals surface area contributed by atoms with Crippen molar-refractivity contribution in [2.75, 3.05) is 18.5 Å². The molecule has 0 fully saturated rings. The molecular weight excluding hydrogens is 434 g/mol. The van der Waals surface area contributed by atoms with E-state index in [1.165, 1.54) is 0 Å². The fraction of sp³-hybridized carbons (Fsp3) is 0.308. The van der Waals surface area contributed by atoms with Crippen LogP contribution in [0.3, 0.4) is 0 Å². The fourth-order valence-corrected chi connectivity index (χ4v) is 4.12. The number of para-hydroxylation sites is 2. The normalized spacial score (nSPS) is 10.7. The summed E-state index contributed by atoms with van der Waals surface area (Å²) in [5.41, 5.74) is 1.63. The largest absolute Gasteiger partial charge is 0.492 e. The lowest BCUT2D eigenvalue weighted by Crippen LogP contribution is -2.47. The molecule has 0 aliphatic heterocycles. The number of rotatable bonds is 10.